The molecule has 0 spiro atoms. The smallest absolute Gasteiger partial charge is 0.0446 e. The number of likely N-dealkylation sites (tertiary alicyclic amines) is 1. The van der Waals surface area contributed by atoms with E-state index in [1.54, 1.807) is 0 Å². The van der Waals surface area contributed by atoms with E-state index in [4.69, 9.17) is 0 Å². The van der Waals surface area contributed by atoms with Gasteiger partial charge in [0.1, 0.15) is 0 Å². The Balaban J connectivity index is 1.87. The Hall–Kier alpha value is -0.860. The molecule has 0 aliphatic carbocycles. The van der Waals surface area contributed by atoms with E-state index in [1.165, 1.54) is 49.9 Å². The summed E-state index contributed by atoms with van der Waals surface area (Å²) in [6.07, 6.45) is 6.66. The van der Waals surface area contributed by atoms with Gasteiger partial charge in [-0.3, -0.25) is 0 Å². The van der Waals surface area contributed by atoms with Crippen LogP contribution in [0.1, 0.15) is 56.7 Å². The van der Waals surface area contributed by atoms with Gasteiger partial charge < -0.3 is 10.2 Å². The molecule has 2 heteroatoms. The van der Waals surface area contributed by atoms with Gasteiger partial charge in [0.25, 0.3) is 0 Å². The van der Waals surface area contributed by atoms with E-state index < -0.39 is 0 Å². The first-order valence-electron chi connectivity index (χ1n) is 8.75. The lowest BCUT2D eigenvalue weighted by Gasteiger charge is -2.34. The zero-order valence-electron chi connectivity index (χ0n) is 14.1. The van der Waals surface area contributed by atoms with Gasteiger partial charge >= 0.3 is 0 Å². The van der Waals surface area contributed by atoms with Crippen molar-refractivity contribution in [2.24, 2.45) is 5.92 Å². The SMILES string of the molecule is CCCC1CCN(CC(NC)c2ccc(CC)cc2)CC1. The molecule has 0 bridgehead atoms. The Morgan fingerprint density at radius 3 is 2.33 bits per heavy atom. The molecule has 1 aromatic carbocycles. The van der Waals surface area contributed by atoms with Gasteiger partial charge in [0.15, 0.2) is 0 Å². The fraction of sp³-hybridized carbons (Fsp3) is 0.684. The van der Waals surface area contributed by atoms with Crippen LogP contribution in [0.5, 0.6) is 0 Å². The first kappa shape index (κ1) is 16.5. The first-order chi connectivity index (χ1) is 10.3. The van der Waals surface area contributed by atoms with Crippen molar-refractivity contribution in [1.82, 2.24) is 10.2 Å². The Labute approximate surface area is 130 Å². The maximum absolute atomic E-state index is 3.50. The minimum atomic E-state index is 0.457. The maximum atomic E-state index is 3.50. The molecule has 2 rings (SSSR count). The molecule has 0 amide bonds. The van der Waals surface area contributed by atoms with Crippen LogP contribution in [-0.4, -0.2) is 31.6 Å². The van der Waals surface area contributed by atoms with Gasteiger partial charge in [-0.05, 0) is 56.4 Å². The number of benzene rings is 1. The molecule has 21 heavy (non-hydrogen) atoms. The van der Waals surface area contributed by atoms with Crippen molar-refractivity contribution < 1.29 is 0 Å². The van der Waals surface area contributed by atoms with Crippen LogP contribution in [0.15, 0.2) is 24.3 Å². The predicted molar refractivity (Wildman–Crippen MR) is 91.7 cm³/mol. The lowest BCUT2D eigenvalue weighted by atomic mass is 9.92. The highest BCUT2D eigenvalue weighted by Gasteiger charge is 2.21. The standard InChI is InChI=1S/C19H32N2/c1-4-6-17-11-13-21(14-12-17)15-19(20-3)18-9-7-16(5-2)8-10-18/h7-10,17,19-20H,4-6,11-15H2,1-3H3. The van der Waals surface area contributed by atoms with E-state index in [0.717, 1.165) is 18.9 Å². The van der Waals surface area contributed by atoms with Crippen LogP contribution in [-0.2, 0) is 6.42 Å². The second-order valence-electron chi connectivity index (χ2n) is 6.47. The lowest BCUT2D eigenvalue weighted by Crippen LogP contribution is -2.39. The van der Waals surface area contributed by atoms with Crippen molar-refractivity contribution in [2.45, 2.75) is 52.0 Å². The predicted octanol–water partition coefficient (Wildman–Crippen LogP) is 4.02. The minimum Gasteiger partial charge on any atom is -0.312 e. The molecule has 1 aliphatic rings. The lowest BCUT2D eigenvalue weighted by molar-refractivity contribution is 0.165. The van der Waals surface area contributed by atoms with Gasteiger partial charge in [0.05, 0.1) is 0 Å². The molecule has 1 fully saturated rings. The monoisotopic (exact) mass is 288 g/mol. The first-order valence-corrected chi connectivity index (χ1v) is 8.75. The number of nitrogens with zero attached hydrogens (tertiary/aromatic N) is 1. The third kappa shape index (κ3) is 4.82. The van der Waals surface area contributed by atoms with Crippen LogP contribution in [0.4, 0.5) is 0 Å². The molecule has 1 aromatic rings. The summed E-state index contributed by atoms with van der Waals surface area (Å²) in [6, 6.07) is 9.59. The molecule has 1 N–H and O–H groups in total. The molecule has 2 nitrogen and oxygen atoms in total. The van der Waals surface area contributed by atoms with Crippen molar-refractivity contribution in [1.29, 1.82) is 0 Å². The van der Waals surface area contributed by atoms with Crippen LogP contribution < -0.4 is 5.32 Å². The number of piperidine rings is 1. The molecular weight excluding hydrogens is 256 g/mol. The average molecular weight is 288 g/mol. The molecule has 1 saturated heterocycles. The highest BCUT2D eigenvalue weighted by Crippen LogP contribution is 2.23. The summed E-state index contributed by atoms with van der Waals surface area (Å²) in [5.41, 5.74) is 2.85. The van der Waals surface area contributed by atoms with Gasteiger partial charge in [-0.25, -0.2) is 0 Å². The van der Waals surface area contributed by atoms with Gasteiger partial charge in [0, 0.05) is 12.6 Å². The molecule has 1 atom stereocenters. The van der Waals surface area contributed by atoms with Crippen LogP contribution in [0.3, 0.4) is 0 Å². The van der Waals surface area contributed by atoms with Crippen molar-refractivity contribution in [3.8, 4) is 0 Å². The number of rotatable bonds is 7. The quantitative estimate of drug-likeness (QED) is 0.815. The van der Waals surface area contributed by atoms with Gasteiger partial charge in [0.2, 0.25) is 0 Å². The van der Waals surface area contributed by atoms with Gasteiger partial charge in [-0.15, -0.1) is 0 Å². The number of nitrogens with one attached hydrogen (secondary N) is 1. The summed E-state index contributed by atoms with van der Waals surface area (Å²) in [5.74, 6) is 0.975. The largest absolute Gasteiger partial charge is 0.312 e. The molecule has 0 saturated carbocycles. The Morgan fingerprint density at radius 1 is 1.14 bits per heavy atom. The van der Waals surface area contributed by atoms with Crippen molar-refractivity contribution >= 4 is 0 Å². The average Bonchev–Trinajstić information content (AvgIpc) is 2.54. The number of aryl methyl sites for hydroxylation is 1. The number of likely N-dealkylation sites (N-methyl/N-ethyl adjacent to an activating group) is 1. The maximum Gasteiger partial charge on any atom is 0.0446 e. The Morgan fingerprint density at radius 2 is 1.81 bits per heavy atom. The number of hydrogen-bond acceptors (Lipinski definition) is 2. The van der Waals surface area contributed by atoms with E-state index in [9.17, 15) is 0 Å². The minimum absolute atomic E-state index is 0.457. The van der Waals surface area contributed by atoms with E-state index in [0.29, 0.717) is 6.04 Å². The number of hydrogen-bond donors (Lipinski definition) is 1. The van der Waals surface area contributed by atoms with E-state index in [1.807, 2.05) is 0 Å². The molecule has 1 aliphatic heterocycles. The highest BCUT2D eigenvalue weighted by atomic mass is 15.1. The zero-order chi connectivity index (χ0) is 15.1. The summed E-state index contributed by atoms with van der Waals surface area (Å²) in [5, 5.41) is 3.50. The summed E-state index contributed by atoms with van der Waals surface area (Å²) in [4.78, 5) is 2.64. The zero-order valence-corrected chi connectivity index (χ0v) is 14.1. The van der Waals surface area contributed by atoms with Gasteiger partial charge in [-0.1, -0.05) is 51.0 Å². The highest BCUT2D eigenvalue weighted by molar-refractivity contribution is 5.25. The van der Waals surface area contributed by atoms with Crippen LogP contribution >= 0.6 is 0 Å². The fourth-order valence-corrected chi connectivity index (χ4v) is 3.47. The van der Waals surface area contributed by atoms with E-state index in [2.05, 4.69) is 55.4 Å². The van der Waals surface area contributed by atoms with Crippen molar-refractivity contribution in [3.05, 3.63) is 35.4 Å². The second-order valence-corrected chi connectivity index (χ2v) is 6.47. The van der Waals surface area contributed by atoms with Crippen molar-refractivity contribution in [2.75, 3.05) is 26.7 Å². The molecule has 0 radical (unpaired) electrons. The molecular formula is C19H32N2. The van der Waals surface area contributed by atoms with E-state index >= 15 is 0 Å². The summed E-state index contributed by atoms with van der Waals surface area (Å²) < 4.78 is 0. The summed E-state index contributed by atoms with van der Waals surface area (Å²) in [6.45, 7) is 8.21. The molecule has 1 heterocycles. The van der Waals surface area contributed by atoms with Crippen LogP contribution in [0.2, 0.25) is 0 Å². The molecule has 0 aromatic heterocycles. The van der Waals surface area contributed by atoms with Crippen molar-refractivity contribution in [3.63, 3.8) is 0 Å². The third-order valence-electron chi connectivity index (χ3n) is 4.98. The second kappa shape index (κ2) is 8.55. The third-order valence-corrected chi connectivity index (χ3v) is 4.98. The topological polar surface area (TPSA) is 15.3 Å². The van der Waals surface area contributed by atoms with Crippen LogP contribution in [0, 0.1) is 5.92 Å². The Bertz CT molecular complexity index is 391. The van der Waals surface area contributed by atoms with Gasteiger partial charge in [-0.2, -0.15) is 0 Å². The van der Waals surface area contributed by atoms with E-state index in [-0.39, 0.29) is 0 Å². The summed E-state index contributed by atoms with van der Waals surface area (Å²) in [7, 11) is 2.09. The normalized spacial score (nSPS) is 18.8. The van der Waals surface area contributed by atoms with Crippen LogP contribution in [0.25, 0.3) is 0 Å². The Kier molecular flexibility index (Phi) is 6.72. The molecule has 118 valence electrons. The summed E-state index contributed by atoms with van der Waals surface area (Å²) >= 11 is 0. The fourth-order valence-electron chi connectivity index (χ4n) is 3.47. The molecule has 1 unspecified atom stereocenters.